The number of nitrogen functional groups attached to an aromatic ring is 1. The summed E-state index contributed by atoms with van der Waals surface area (Å²) >= 11 is 0. The maximum atomic E-state index is 5.91. The van der Waals surface area contributed by atoms with Crippen LogP contribution in [0.2, 0.25) is 0 Å². The Labute approximate surface area is 114 Å². The first-order chi connectivity index (χ1) is 9.24. The molecule has 1 aliphatic heterocycles. The molecule has 19 heavy (non-hydrogen) atoms. The Balaban J connectivity index is 1.91. The van der Waals surface area contributed by atoms with Gasteiger partial charge in [-0.25, -0.2) is 0 Å². The summed E-state index contributed by atoms with van der Waals surface area (Å²) in [4.78, 5) is 2.49. The molecule has 0 aliphatic carbocycles. The lowest BCUT2D eigenvalue weighted by molar-refractivity contribution is 0.719. The minimum atomic E-state index is 0.464. The van der Waals surface area contributed by atoms with Crippen molar-refractivity contribution in [1.29, 1.82) is 0 Å². The SMILES string of the molecule is Cc1ccc(N2CCCC2c2cccc(N)c2)cc1. The summed E-state index contributed by atoms with van der Waals surface area (Å²) in [5.41, 5.74) is 10.7. The molecule has 0 spiro atoms. The average molecular weight is 252 g/mol. The second kappa shape index (κ2) is 4.96. The fourth-order valence-corrected chi connectivity index (χ4v) is 2.92. The highest BCUT2D eigenvalue weighted by atomic mass is 15.2. The zero-order valence-corrected chi connectivity index (χ0v) is 11.3. The van der Waals surface area contributed by atoms with Gasteiger partial charge in [-0.1, -0.05) is 29.8 Å². The number of rotatable bonds is 2. The number of nitrogens with zero attached hydrogens (tertiary/aromatic N) is 1. The summed E-state index contributed by atoms with van der Waals surface area (Å²) in [7, 11) is 0. The second-order valence-corrected chi connectivity index (χ2v) is 5.36. The van der Waals surface area contributed by atoms with Gasteiger partial charge >= 0.3 is 0 Å². The maximum absolute atomic E-state index is 5.91. The van der Waals surface area contributed by atoms with E-state index in [4.69, 9.17) is 5.73 Å². The molecule has 1 heterocycles. The van der Waals surface area contributed by atoms with Gasteiger partial charge in [0.25, 0.3) is 0 Å². The summed E-state index contributed by atoms with van der Waals surface area (Å²) in [5, 5.41) is 0. The lowest BCUT2D eigenvalue weighted by atomic mass is 10.0. The van der Waals surface area contributed by atoms with Crippen LogP contribution < -0.4 is 10.6 Å². The van der Waals surface area contributed by atoms with E-state index in [9.17, 15) is 0 Å². The number of hydrogen-bond acceptors (Lipinski definition) is 2. The molecule has 2 aromatic carbocycles. The number of hydrogen-bond donors (Lipinski definition) is 1. The summed E-state index contributed by atoms with van der Waals surface area (Å²) in [6.45, 7) is 3.26. The number of anilines is 2. The summed E-state index contributed by atoms with van der Waals surface area (Å²) in [6, 6.07) is 17.6. The fraction of sp³-hybridized carbons (Fsp3) is 0.294. The third-order valence-corrected chi connectivity index (χ3v) is 3.91. The molecule has 2 aromatic rings. The predicted molar refractivity (Wildman–Crippen MR) is 81.4 cm³/mol. The number of aryl methyl sites for hydroxylation is 1. The summed E-state index contributed by atoms with van der Waals surface area (Å²) < 4.78 is 0. The molecule has 2 N–H and O–H groups in total. The third-order valence-electron chi connectivity index (χ3n) is 3.91. The minimum Gasteiger partial charge on any atom is -0.399 e. The molecular weight excluding hydrogens is 232 g/mol. The Hall–Kier alpha value is -1.96. The van der Waals surface area contributed by atoms with Crippen LogP contribution in [0.4, 0.5) is 11.4 Å². The van der Waals surface area contributed by atoms with Crippen LogP contribution in [0.25, 0.3) is 0 Å². The first kappa shape index (κ1) is 12.1. The van der Waals surface area contributed by atoms with Crippen LogP contribution in [0.3, 0.4) is 0 Å². The van der Waals surface area contributed by atoms with Crippen LogP contribution in [0, 0.1) is 6.92 Å². The van der Waals surface area contributed by atoms with E-state index in [1.165, 1.54) is 29.7 Å². The van der Waals surface area contributed by atoms with E-state index in [0.717, 1.165) is 12.2 Å². The lowest BCUT2D eigenvalue weighted by Gasteiger charge is -2.27. The molecule has 2 nitrogen and oxygen atoms in total. The zero-order chi connectivity index (χ0) is 13.2. The number of benzene rings is 2. The highest BCUT2D eigenvalue weighted by molar-refractivity contribution is 5.52. The predicted octanol–water partition coefficient (Wildman–Crippen LogP) is 3.92. The molecule has 2 heteroatoms. The molecule has 3 rings (SSSR count). The van der Waals surface area contributed by atoms with Gasteiger partial charge < -0.3 is 10.6 Å². The zero-order valence-electron chi connectivity index (χ0n) is 11.3. The van der Waals surface area contributed by atoms with Crippen LogP contribution in [-0.4, -0.2) is 6.54 Å². The van der Waals surface area contributed by atoms with Crippen LogP contribution in [-0.2, 0) is 0 Å². The minimum absolute atomic E-state index is 0.464. The van der Waals surface area contributed by atoms with E-state index >= 15 is 0 Å². The normalized spacial score (nSPS) is 18.8. The highest BCUT2D eigenvalue weighted by Gasteiger charge is 2.26. The third kappa shape index (κ3) is 2.43. The Kier molecular flexibility index (Phi) is 3.16. The smallest absolute Gasteiger partial charge is 0.0543 e. The molecule has 0 bridgehead atoms. The van der Waals surface area contributed by atoms with Gasteiger partial charge in [0.1, 0.15) is 0 Å². The summed E-state index contributed by atoms with van der Waals surface area (Å²) in [6.07, 6.45) is 2.45. The van der Waals surface area contributed by atoms with Gasteiger partial charge in [-0.3, -0.25) is 0 Å². The van der Waals surface area contributed by atoms with E-state index in [1.807, 2.05) is 6.07 Å². The Morgan fingerprint density at radius 2 is 1.89 bits per heavy atom. The number of nitrogens with two attached hydrogens (primary N) is 1. The maximum Gasteiger partial charge on any atom is 0.0543 e. The van der Waals surface area contributed by atoms with E-state index in [2.05, 4.69) is 54.3 Å². The quantitative estimate of drug-likeness (QED) is 0.821. The van der Waals surface area contributed by atoms with Gasteiger partial charge in [0.15, 0.2) is 0 Å². The van der Waals surface area contributed by atoms with Gasteiger partial charge in [-0.15, -0.1) is 0 Å². The largest absolute Gasteiger partial charge is 0.399 e. The molecule has 1 unspecified atom stereocenters. The van der Waals surface area contributed by atoms with Gasteiger partial charge in [-0.05, 0) is 49.6 Å². The summed E-state index contributed by atoms with van der Waals surface area (Å²) in [5.74, 6) is 0. The van der Waals surface area contributed by atoms with Crippen LogP contribution in [0.15, 0.2) is 48.5 Å². The van der Waals surface area contributed by atoms with Crippen molar-refractivity contribution in [2.45, 2.75) is 25.8 Å². The monoisotopic (exact) mass is 252 g/mol. The van der Waals surface area contributed by atoms with Crippen molar-refractivity contribution in [2.75, 3.05) is 17.2 Å². The van der Waals surface area contributed by atoms with Gasteiger partial charge in [-0.2, -0.15) is 0 Å². The second-order valence-electron chi connectivity index (χ2n) is 5.36. The Morgan fingerprint density at radius 3 is 2.63 bits per heavy atom. The highest BCUT2D eigenvalue weighted by Crippen LogP contribution is 2.36. The van der Waals surface area contributed by atoms with Crippen LogP contribution in [0.5, 0.6) is 0 Å². The van der Waals surface area contributed by atoms with E-state index < -0.39 is 0 Å². The van der Waals surface area contributed by atoms with Crippen molar-refractivity contribution in [3.05, 3.63) is 59.7 Å². The van der Waals surface area contributed by atoms with Crippen molar-refractivity contribution in [1.82, 2.24) is 0 Å². The molecule has 1 fully saturated rings. The van der Waals surface area contributed by atoms with Gasteiger partial charge in [0.2, 0.25) is 0 Å². The molecule has 0 saturated carbocycles. The van der Waals surface area contributed by atoms with E-state index in [1.54, 1.807) is 0 Å². The van der Waals surface area contributed by atoms with Crippen LogP contribution in [0.1, 0.15) is 30.0 Å². The molecule has 1 atom stereocenters. The lowest BCUT2D eigenvalue weighted by Crippen LogP contribution is -2.22. The van der Waals surface area contributed by atoms with Gasteiger partial charge in [0.05, 0.1) is 6.04 Å². The molecule has 1 saturated heterocycles. The average Bonchev–Trinajstić information content (AvgIpc) is 2.89. The van der Waals surface area contributed by atoms with Crippen molar-refractivity contribution < 1.29 is 0 Å². The van der Waals surface area contributed by atoms with E-state index in [0.29, 0.717) is 6.04 Å². The molecule has 0 amide bonds. The molecule has 98 valence electrons. The van der Waals surface area contributed by atoms with Crippen molar-refractivity contribution in [2.24, 2.45) is 0 Å². The fourth-order valence-electron chi connectivity index (χ4n) is 2.92. The molecule has 1 aliphatic rings. The first-order valence-electron chi connectivity index (χ1n) is 6.93. The van der Waals surface area contributed by atoms with Gasteiger partial charge in [0, 0.05) is 17.9 Å². The van der Waals surface area contributed by atoms with Crippen LogP contribution >= 0.6 is 0 Å². The van der Waals surface area contributed by atoms with Crippen molar-refractivity contribution in [3.63, 3.8) is 0 Å². The van der Waals surface area contributed by atoms with Crippen molar-refractivity contribution in [3.8, 4) is 0 Å². The molecule has 0 radical (unpaired) electrons. The Morgan fingerprint density at radius 1 is 1.11 bits per heavy atom. The molecule has 0 aromatic heterocycles. The Bertz CT molecular complexity index is 560. The topological polar surface area (TPSA) is 29.3 Å². The first-order valence-corrected chi connectivity index (χ1v) is 6.93. The van der Waals surface area contributed by atoms with E-state index in [-0.39, 0.29) is 0 Å². The van der Waals surface area contributed by atoms with Crippen molar-refractivity contribution >= 4 is 11.4 Å². The molecular formula is C17H20N2. The standard InChI is InChI=1S/C17H20N2/c1-13-7-9-16(10-8-13)19-11-3-6-17(19)14-4-2-5-15(18)12-14/h2,4-5,7-10,12,17H,3,6,11,18H2,1H3.